The number of carbonyl (C=O) groups excluding carboxylic acids is 1. The molecule has 6 heteroatoms. The fraction of sp³-hybridized carbons (Fsp3) is 0.111. The number of benzene rings is 2. The summed E-state index contributed by atoms with van der Waals surface area (Å²) in [6, 6.07) is 14.8. The van der Waals surface area contributed by atoms with E-state index >= 15 is 0 Å². The van der Waals surface area contributed by atoms with Crippen molar-refractivity contribution in [1.82, 2.24) is 4.57 Å². The quantitative estimate of drug-likeness (QED) is 0.646. The molecule has 0 aliphatic carbocycles. The summed E-state index contributed by atoms with van der Waals surface area (Å²) in [5, 5.41) is 0.625. The normalized spacial score (nSPS) is 11.6. The van der Waals surface area contributed by atoms with Gasteiger partial charge >= 0.3 is 0 Å². The molecule has 0 saturated heterocycles. The van der Waals surface area contributed by atoms with Gasteiger partial charge in [-0.25, -0.2) is 0 Å². The lowest BCUT2D eigenvalue weighted by Crippen LogP contribution is -2.19. The minimum Gasteiger partial charge on any atom is -0.484 e. The van der Waals surface area contributed by atoms with Crippen LogP contribution in [0.3, 0.4) is 0 Å². The number of aromatic nitrogens is 1. The number of hydrogen-bond acceptors (Lipinski definition) is 3. The Morgan fingerprint density at radius 1 is 1.25 bits per heavy atom. The second kappa shape index (κ2) is 7.47. The summed E-state index contributed by atoms with van der Waals surface area (Å²) in [6.45, 7) is 4.17. The van der Waals surface area contributed by atoms with Crippen LogP contribution in [0.1, 0.15) is 0 Å². The smallest absolute Gasteiger partial charge is 0.286 e. The summed E-state index contributed by atoms with van der Waals surface area (Å²) in [4.78, 5) is 16.9. The van der Waals surface area contributed by atoms with E-state index in [4.69, 9.17) is 16.3 Å². The van der Waals surface area contributed by atoms with E-state index < -0.39 is 0 Å². The first-order chi connectivity index (χ1) is 11.7. The van der Waals surface area contributed by atoms with Crippen molar-refractivity contribution in [2.24, 2.45) is 4.99 Å². The average molecular weight is 359 g/mol. The fourth-order valence-electron chi connectivity index (χ4n) is 2.27. The zero-order chi connectivity index (χ0) is 16.9. The number of allylic oxidation sites excluding steroid dienone is 1. The van der Waals surface area contributed by atoms with Gasteiger partial charge in [-0.1, -0.05) is 53.3 Å². The molecule has 2 aromatic carbocycles. The van der Waals surface area contributed by atoms with Gasteiger partial charge in [-0.2, -0.15) is 4.99 Å². The number of thiazole rings is 1. The van der Waals surface area contributed by atoms with E-state index in [0.29, 0.717) is 22.1 Å². The number of amides is 1. The predicted molar refractivity (Wildman–Crippen MR) is 97.5 cm³/mol. The van der Waals surface area contributed by atoms with Crippen molar-refractivity contribution in [3.05, 3.63) is 71.0 Å². The molecule has 0 atom stereocenters. The highest BCUT2D eigenvalue weighted by atomic mass is 35.5. The van der Waals surface area contributed by atoms with Gasteiger partial charge < -0.3 is 9.30 Å². The molecule has 0 aliphatic heterocycles. The monoisotopic (exact) mass is 358 g/mol. The third kappa shape index (κ3) is 3.58. The Morgan fingerprint density at radius 3 is 2.79 bits per heavy atom. The first-order valence-electron chi connectivity index (χ1n) is 7.33. The van der Waals surface area contributed by atoms with E-state index in [9.17, 15) is 4.79 Å². The van der Waals surface area contributed by atoms with Crippen LogP contribution in [0.15, 0.2) is 66.2 Å². The standard InChI is InChI=1S/C18H15ClN2O2S/c1-2-11-21-17-14(19)9-6-10-15(17)24-18(21)20-16(22)12-23-13-7-4-3-5-8-13/h2-10H,1,11-12H2. The molecule has 4 nitrogen and oxygen atoms in total. The van der Waals surface area contributed by atoms with Gasteiger partial charge in [0.25, 0.3) is 5.91 Å². The molecule has 0 bridgehead atoms. The topological polar surface area (TPSA) is 43.6 Å². The molecule has 3 rings (SSSR count). The largest absolute Gasteiger partial charge is 0.484 e. The van der Waals surface area contributed by atoms with E-state index in [0.717, 1.165) is 10.2 Å². The summed E-state index contributed by atoms with van der Waals surface area (Å²) in [5.41, 5.74) is 0.861. The van der Waals surface area contributed by atoms with Crippen molar-refractivity contribution >= 4 is 39.1 Å². The van der Waals surface area contributed by atoms with Gasteiger partial charge in [0, 0.05) is 6.54 Å². The lowest BCUT2D eigenvalue weighted by molar-refractivity contribution is -0.120. The highest BCUT2D eigenvalue weighted by Crippen LogP contribution is 2.25. The molecule has 3 aromatic rings. The van der Waals surface area contributed by atoms with Crippen LogP contribution in [-0.2, 0) is 11.3 Å². The minimum atomic E-state index is -0.348. The van der Waals surface area contributed by atoms with Crippen molar-refractivity contribution in [1.29, 1.82) is 0 Å². The minimum absolute atomic E-state index is 0.111. The van der Waals surface area contributed by atoms with Crippen molar-refractivity contribution < 1.29 is 9.53 Å². The first-order valence-corrected chi connectivity index (χ1v) is 8.52. The van der Waals surface area contributed by atoms with Crippen LogP contribution in [0.5, 0.6) is 5.75 Å². The maximum atomic E-state index is 12.1. The van der Waals surface area contributed by atoms with Crippen LogP contribution in [0, 0.1) is 0 Å². The lowest BCUT2D eigenvalue weighted by atomic mass is 10.3. The molecular weight excluding hydrogens is 344 g/mol. The Kier molecular flexibility index (Phi) is 5.13. The predicted octanol–water partition coefficient (Wildman–Crippen LogP) is 4.05. The van der Waals surface area contributed by atoms with Gasteiger partial charge in [-0.3, -0.25) is 4.79 Å². The van der Waals surface area contributed by atoms with E-state index in [1.807, 2.05) is 41.0 Å². The molecule has 122 valence electrons. The van der Waals surface area contributed by atoms with Gasteiger partial charge in [0.05, 0.1) is 15.2 Å². The Labute approximate surface area is 148 Å². The molecule has 0 saturated carbocycles. The summed E-state index contributed by atoms with van der Waals surface area (Å²) in [6.07, 6.45) is 1.75. The lowest BCUT2D eigenvalue weighted by Gasteiger charge is -2.03. The van der Waals surface area contributed by atoms with Gasteiger partial charge in [0.15, 0.2) is 11.4 Å². The Hall–Kier alpha value is -2.37. The summed E-state index contributed by atoms with van der Waals surface area (Å²) in [5.74, 6) is 0.291. The molecule has 0 spiro atoms. The second-order valence-corrected chi connectivity index (χ2v) is 6.39. The number of halogens is 1. The summed E-state index contributed by atoms with van der Waals surface area (Å²) < 4.78 is 8.30. The third-order valence-electron chi connectivity index (χ3n) is 3.29. The maximum absolute atomic E-state index is 12.1. The molecule has 0 aliphatic rings. The Morgan fingerprint density at radius 2 is 2.04 bits per heavy atom. The third-order valence-corrected chi connectivity index (χ3v) is 4.64. The molecule has 0 N–H and O–H groups in total. The molecular formula is C18H15ClN2O2S. The fourth-order valence-corrected chi connectivity index (χ4v) is 3.69. The maximum Gasteiger partial charge on any atom is 0.286 e. The van der Waals surface area contributed by atoms with E-state index in [-0.39, 0.29) is 12.5 Å². The number of nitrogens with zero attached hydrogens (tertiary/aromatic N) is 2. The van der Waals surface area contributed by atoms with Gasteiger partial charge in [-0.05, 0) is 24.3 Å². The number of rotatable bonds is 5. The van der Waals surface area contributed by atoms with Crippen LogP contribution >= 0.6 is 22.9 Å². The summed E-state index contributed by atoms with van der Waals surface area (Å²) in [7, 11) is 0. The van der Waals surface area contributed by atoms with Crippen molar-refractivity contribution in [3.8, 4) is 5.75 Å². The zero-order valence-electron chi connectivity index (χ0n) is 12.8. The number of para-hydroxylation sites is 2. The highest BCUT2D eigenvalue weighted by molar-refractivity contribution is 7.16. The van der Waals surface area contributed by atoms with E-state index in [2.05, 4.69) is 11.6 Å². The van der Waals surface area contributed by atoms with Crippen LogP contribution < -0.4 is 9.54 Å². The van der Waals surface area contributed by atoms with Crippen molar-refractivity contribution in [2.75, 3.05) is 6.61 Å². The number of ether oxygens (including phenoxy) is 1. The molecule has 1 aromatic heterocycles. The van der Waals surface area contributed by atoms with Crippen LogP contribution in [0.4, 0.5) is 0 Å². The number of hydrogen-bond donors (Lipinski definition) is 0. The molecule has 24 heavy (non-hydrogen) atoms. The Balaban J connectivity index is 1.91. The summed E-state index contributed by atoms with van der Waals surface area (Å²) >= 11 is 7.70. The Bertz CT molecular complexity index is 945. The van der Waals surface area contributed by atoms with E-state index in [1.165, 1.54) is 11.3 Å². The number of fused-ring (bicyclic) bond motifs is 1. The molecule has 0 radical (unpaired) electrons. The molecule has 0 fully saturated rings. The molecule has 0 unspecified atom stereocenters. The second-order valence-electron chi connectivity index (χ2n) is 4.98. The highest BCUT2D eigenvalue weighted by Gasteiger charge is 2.10. The molecule has 1 heterocycles. The van der Waals surface area contributed by atoms with Crippen molar-refractivity contribution in [3.63, 3.8) is 0 Å². The SMILES string of the molecule is C=CCn1c(=NC(=O)COc2ccccc2)sc2cccc(Cl)c21. The van der Waals surface area contributed by atoms with Crippen LogP contribution in [0.2, 0.25) is 5.02 Å². The average Bonchev–Trinajstić information content (AvgIpc) is 2.93. The van der Waals surface area contributed by atoms with Gasteiger partial charge in [0.2, 0.25) is 0 Å². The van der Waals surface area contributed by atoms with Gasteiger partial charge in [0.1, 0.15) is 5.75 Å². The first kappa shape index (κ1) is 16.5. The van der Waals surface area contributed by atoms with Gasteiger partial charge in [-0.15, -0.1) is 6.58 Å². The molecule has 1 amide bonds. The van der Waals surface area contributed by atoms with Crippen LogP contribution in [-0.4, -0.2) is 17.1 Å². The van der Waals surface area contributed by atoms with Crippen molar-refractivity contribution in [2.45, 2.75) is 6.54 Å². The van der Waals surface area contributed by atoms with Crippen LogP contribution in [0.25, 0.3) is 10.2 Å². The number of carbonyl (C=O) groups is 1. The zero-order valence-corrected chi connectivity index (χ0v) is 14.4. The van der Waals surface area contributed by atoms with E-state index in [1.54, 1.807) is 18.2 Å².